The van der Waals surface area contributed by atoms with E-state index in [4.69, 9.17) is 4.42 Å². The van der Waals surface area contributed by atoms with Crippen LogP contribution in [0.5, 0.6) is 0 Å². The fraction of sp³-hybridized carbons (Fsp3) is 0.471. The molecule has 21 heavy (non-hydrogen) atoms. The first-order chi connectivity index (χ1) is 10.0. The van der Waals surface area contributed by atoms with E-state index in [0.29, 0.717) is 31.1 Å². The molecule has 0 atom stereocenters. The third-order valence-corrected chi connectivity index (χ3v) is 4.71. The lowest BCUT2D eigenvalue weighted by atomic mass is 9.88. The minimum Gasteiger partial charge on any atom is -0.423 e. The Balaban J connectivity index is 1.60. The maximum absolute atomic E-state index is 11.7. The van der Waals surface area contributed by atoms with Gasteiger partial charge in [-0.2, -0.15) is 0 Å². The summed E-state index contributed by atoms with van der Waals surface area (Å²) in [7, 11) is 0. The fourth-order valence-corrected chi connectivity index (χ4v) is 3.43. The van der Waals surface area contributed by atoms with E-state index in [2.05, 4.69) is 4.90 Å². The number of nitrogens with zero attached hydrogens (tertiary/aromatic N) is 1. The molecule has 0 bridgehead atoms. The zero-order valence-corrected chi connectivity index (χ0v) is 12.1. The number of β-amino-alcohol motifs (C(OH)–C–C–N with tert-alkyl or cyclic N) is 1. The predicted octanol–water partition coefficient (Wildman–Crippen LogP) is 2.06. The van der Waals surface area contributed by atoms with Gasteiger partial charge in [-0.1, -0.05) is 12.1 Å². The normalized spacial score (nSPS) is 21.4. The maximum Gasteiger partial charge on any atom is 0.336 e. The molecule has 2 aromatic rings. The van der Waals surface area contributed by atoms with Gasteiger partial charge in [-0.3, -0.25) is 4.90 Å². The van der Waals surface area contributed by atoms with Gasteiger partial charge in [-0.05, 0) is 42.9 Å². The van der Waals surface area contributed by atoms with E-state index in [0.717, 1.165) is 29.4 Å². The summed E-state index contributed by atoms with van der Waals surface area (Å²) in [5.74, 6) is 0.494. The molecule has 0 unspecified atom stereocenters. The second-order valence-electron chi connectivity index (χ2n) is 6.61. The van der Waals surface area contributed by atoms with Crippen molar-refractivity contribution in [3.05, 3.63) is 45.8 Å². The zero-order chi connectivity index (χ0) is 14.6. The monoisotopic (exact) mass is 285 g/mol. The van der Waals surface area contributed by atoms with Crippen molar-refractivity contribution < 1.29 is 9.52 Å². The average Bonchev–Trinajstić information content (AvgIpc) is 3.20. The van der Waals surface area contributed by atoms with E-state index in [9.17, 15) is 9.90 Å². The Kier molecular flexibility index (Phi) is 2.75. The quantitative estimate of drug-likeness (QED) is 0.877. The SMILES string of the molecule is Cc1ccc2c(CN3CC(O)(C4CC4)C3)cc(=O)oc2c1. The van der Waals surface area contributed by atoms with E-state index < -0.39 is 5.60 Å². The lowest BCUT2D eigenvalue weighted by Crippen LogP contribution is -2.62. The number of hydrogen-bond donors (Lipinski definition) is 1. The number of aryl methyl sites for hydroxylation is 1. The molecule has 1 aliphatic carbocycles. The third kappa shape index (κ3) is 2.28. The Labute approximate surface area is 123 Å². The van der Waals surface area contributed by atoms with Crippen molar-refractivity contribution in [3.8, 4) is 0 Å². The van der Waals surface area contributed by atoms with Crippen molar-refractivity contribution in [2.24, 2.45) is 5.92 Å². The summed E-state index contributed by atoms with van der Waals surface area (Å²) >= 11 is 0. The molecular formula is C17H19NO3. The minimum absolute atomic E-state index is 0.305. The molecule has 0 spiro atoms. The summed E-state index contributed by atoms with van der Waals surface area (Å²) in [6, 6.07) is 7.52. The minimum atomic E-state index is -0.480. The Hall–Kier alpha value is -1.65. The van der Waals surface area contributed by atoms with Crippen molar-refractivity contribution in [2.45, 2.75) is 31.9 Å². The number of likely N-dealkylation sites (tertiary alicyclic amines) is 1. The summed E-state index contributed by atoms with van der Waals surface area (Å²) in [6.45, 7) is 4.11. The van der Waals surface area contributed by atoms with Crippen LogP contribution in [0.3, 0.4) is 0 Å². The summed E-state index contributed by atoms with van der Waals surface area (Å²) in [4.78, 5) is 13.9. The van der Waals surface area contributed by atoms with E-state index in [-0.39, 0.29) is 5.63 Å². The molecule has 1 saturated heterocycles. The Morgan fingerprint density at radius 3 is 2.81 bits per heavy atom. The van der Waals surface area contributed by atoms with Crippen LogP contribution in [0.2, 0.25) is 0 Å². The first-order valence-corrected chi connectivity index (χ1v) is 7.52. The average molecular weight is 285 g/mol. The molecule has 1 aromatic carbocycles. The number of aliphatic hydroxyl groups is 1. The van der Waals surface area contributed by atoms with Crippen LogP contribution in [-0.2, 0) is 6.54 Å². The van der Waals surface area contributed by atoms with Gasteiger partial charge in [0.15, 0.2) is 0 Å². The Morgan fingerprint density at radius 1 is 1.33 bits per heavy atom. The highest BCUT2D eigenvalue weighted by Crippen LogP contribution is 2.44. The maximum atomic E-state index is 11.7. The molecule has 0 amide bonds. The molecule has 4 heteroatoms. The van der Waals surface area contributed by atoms with Gasteiger partial charge in [0.2, 0.25) is 0 Å². The number of fused-ring (bicyclic) bond motifs is 1. The molecular weight excluding hydrogens is 266 g/mol. The molecule has 2 aliphatic rings. The van der Waals surface area contributed by atoms with Crippen LogP contribution in [0.1, 0.15) is 24.0 Å². The zero-order valence-electron chi connectivity index (χ0n) is 12.1. The molecule has 1 aliphatic heterocycles. The molecule has 4 rings (SSSR count). The smallest absolute Gasteiger partial charge is 0.336 e. The van der Waals surface area contributed by atoms with Crippen molar-refractivity contribution in [2.75, 3.05) is 13.1 Å². The molecule has 1 saturated carbocycles. The highest BCUT2D eigenvalue weighted by molar-refractivity contribution is 5.80. The van der Waals surface area contributed by atoms with Gasteiger partial charge in [0.25, 0.3) is 0 Å². The summed E-state index contributed by atoms with van der Waals surface area (Å²) in [5.41, 5.74) is 1.93. The van der Waals surface area contributed by atoms with Gasteiger partial charge in [-0.25, -0.2) is 4.79 Å². The van der Waals surface area contributed by atoms with E-state index in [1.165, 1.54) is 0 Å². The van der Waals surface area contributed by atoms with Crippen LogP contribution in [0.4, 0.5) is 0 Å². The van der Waals surface area contributed by atoms with Gasteiger partial charge < -0.3 is 9.52 Å². The predicted molar refractivity (Wildman–Crippen MR) is 80.2 cm³/mol. The largest absolute Gasteiger partial charge is 0.423 e. The van der Waals surface area contributed by atoms with E-state index in [1.54, 1.807) is 6.07 Å². The molecule has 1 N–H and O–H groups in total. The number of rotatable bonds is 3. The first kappa shape index (κ1) is 13.0. The van der Waals surface area contributed by atoms with Crippen LogP contribution in [0, 0.1) is 12.8 Å². The molecule has 2 heterocycles. The second-order valence-corrected chi connectivity index (χ2v) is 6.61. The van der Waals surface area contributed by atoms with Gasteiger partial charge >= 0.3 is 5.63 Å². The summed E-state index contributed by atoms with van der Waals surface area (Å²) in [6.07, 6.45) is 2.31. The molecule has 0 radical (unpaired) electrons. The van der Waals surface area contributed by atoms with Crippen LogP contribution in [0.25, 0.3) is 11.0 Å². The van der Waals surface area contributed by atoms with Gasteiger partial charge in [-0.15, -0.1) is 0 Å². The van der Waals surface area contributed by atoms with Crippen molar-refractivity contribution in [3.63, 3.8) is 0 Å². The lowest BCUT2D eigenvalue weighted by Gasteiger charge is -2.47. The molecule has 1 aromatic heterocycles. The van der Waals surface area contributed by atoms with Crippen LogP contribution in [0.15, 0.2) is 33.5 Å². The third-order valence-electron chi connectivity index (χ3n) is 4.71. The topological polar surface area (TPSA) is 53.7 Å². The Bertz CT molecular complexity index is 754. The number of hydrogen-bond acceptors (Lipinski definition) is 4. The van der Waals surface area contributed by atoms with Crippen molar-refractivity contribution in [1.82, 2.24) is 4.90 Å². The summed E-state index contributed by atoms with van der Waals surface area (Å²) in [5, 5.41) is 11.4. The first-order valence-electron chi connectivity index (χ1n) is 7.52. The van der Waals surface area contributed by atoms with Crippen LogP contribution < -0.4 is 5.63 Å². The van der Waals surface area contributed by atoms with E-state index in [1.807, 2.05) is 25.1 Å². The van der Waals surface area contributed by atoms with Crippen LogP contribution >= 0.6 is 0 Å². The highest BCUT2D eigenvalue weighted by atomic mass is 16.4. The van der Waals surface area contributed by atoms with Crippen molar-refractivity contribution in [1.29, 1.82) is 0 Å². The molecule has 2 fully saturated rings. The van der Waals surface area contributed by atoms with Gasteiger partial charge in [0, 0.05) is 31.1 Å². The fourth-order valence-electron chi connectivity index (χ4n) is 3.43. The van der Waals surface area contributed by atoms with Crippen LogP contribution in [-0.4, -0.2) is 28.7 Å². The summed E-state index contributed by atoms with van der Waals surface area (Å²) < 4.78 is 5.28. The standard InChI is InChI=1S/C17H19NO3/c1-11-2-5-14-12(7-16(19)21-15(14)6-11)8-18-9-17(20,10-18)13-3-4-13/h2,5-7,13,20H,3-4,8-10H2,1H3. The van der Waals surface area contributed by atoms with Gasteiger partial charge in [0.05, 0.1) is 5.60 Å². The lowest BCUT2D eigenvalue weighted by molar-refractivity contribution is -0.116. The molecule has 110 valence electrons. The van der Waals surface area contributed by atoms with E-state index >= 15 is 0 Å². The highest BCUT2D eigenvalue weighted by Gasteiger charge is 2.51. The van der Waals surface area contributed by atoms with Crippen molar-refractivity contribution >= 4 is 11.0 Å². The second kappa shape index (κ2) is 4.42. The molecule has 4 nitrogen and oxygen atoms in total. The Morgan fingerprint density at radius 2 is 2.10 bits per heavy atom. The number of benzene rings is 1. The van der Waals surface area contributed by atoms with Gasteiger partial charge in [0.1, 0.15) is 5.58 Å².